The summed E-state index contributed by atoms with van der Waals surface area (Å²) in [5.41, 5.74) is 0.968. The summed E-state index contributed by atoms with van der Waals surface area (Å²) in [7, 11) is 0. The summed E-state index contributed by atoms with van der Waals surface area (Å²) in [6.45, 7) is 2.13. The second-order valence-electron chi connectivity index (χ2n) is 5.04. The van der Waals surface area contributed by atoms with Crippen LogP contribution in [-0.4, -0.2) is 13.1 Å². The summed E-state index contributed by atoms with van der Waals surface area (Å²) in [5.74, 6) is 0.627. The first-order valence-corrected chi connectivity index (χ1v) is 6.62. The zero-order chi connectivity index (χ0) is 12.8. The Bertz CT molecular complexity index is 419. The van der Waals surface area contributed by atoms with Crippen LogP contribution in [0.3, 0.4) is 0 Å². The van der Waals surface area contributed by atoms with Gasteiger partial charge in [0.05, 0.1) is 6.07 Å². The van der Waals surface area contributed by atoms with Crippen LogP contribution in [-0.2, 0) is 0 Å². The lowest BCUT2D eigenvalue weighted by molar-refractivity contribution is 0.331. The topological polar surface area (TPSA) is 35.8 Å². The molecule has 0 saturated carbocycles. The third-order valence-corrected chi connectivity index (χ3v) is 3.73. The molecule has 1 saturated heterocycles. The van der Waals surface area contributed by atoms with Crippen LogP contribution >= 0.6 is 0 Å². The number of piperidine rings is 1. The van der Waals surface area contributed by atoms with Crippen molar-refractivity contribution in [1.82, 2.24) is 5.32 Å². The summed E-state index contributed by atoms with van der Waals surface area (Å²) in [5, 5.41) is 12.3. The summed E-state index contributed by atoms with van der Waals surface area (Å²) in [6.07, 6.45) is 3.81. The van der Waals surface area contributed by atoms with Gasteiger partial charge in [-0.3, -0.25) is 0 Å². The fraction of sp³-hybridized carbons (Fsp3) is 0.533. The fourth-order valence-corrected chi connectivity index (χ4v) is 2.73. The molecule has 2 rings (SSSR count). The maximum atomic E-state index is 13.3. The molecule has 0 aliphatic carbocycles. The van der Waals surface area contributed by atoms with Gasteiger partial charge in [0.15, 0.2) is 0 Å². The van der Waals surface area contributed by atoms with Crippen molar-refractivity contribution in [2.75, 3.05) is 13.1 Å². The van der Waals surface area contributed by atoms with Crippen molar-refractivity contribution in [1.29, 1.82) is 5.26 Å². The van der Waals surface area contributed by atoms with Gasteiger partial charge in [-0.15, -0.1) is 0 Å². The number of hydrogen-bond donors (Lipinski definition) is 1. The second-order valence-corrected chi connectivity index (χ2v) is 5.04. The van der Waals surface area contributed by atoms with Crippen molar-refractivity contribution in [3.63, 3.8) is 0 Å². The lowest BCUT2D eigenvalue weighted by Gasteiger charge is -2.26. The molecule has 2 nitrogen and oxygen atoms in total. The number of hydrogen-bond acceptors (Lipinski definition) is 2. The molecule has 1 aromatic carbocycles. The maximum absolute atomic E-state index is 13.3. The van der Waals surface area contributed by atoms with Crippen molar-refractivity contribution in [3.8, 4) is 6.07 Å². The van der Waals surface area contributed by atoms with E-state index in [9.17, 15) is 4.39 Å². The van der Waals surface area contributed by atoms with Crippen LogP contribution in [0.5, 0.6) is 0 Å². The third kappa shape index (κ3) is 3.54. The molecule has 18 heavy (non-hydrogen) atoms. The van der Waals surface area contributed by atoms with E-state index < -0.39 is 0 Å². The van der Waals surface area contributed by atoms with E-state index in [4.69, 9.17) is 5.26 Å². The summed E-state index contributed by atoms with van der Waals surface area (Å²) >= 11 is 0. The van der Waals surface area contributed by atoms with Gasteiger partial charge in [-0.2, -0.15) is 5.26 Å². The van der Waals surface area contributed by atoms with E-state index in [0.29, 0.717) is 12.3 Å². The second kappa shape index (κ2) is 6.51. The molecule has 1 aliphatic heterocycles. The molecule has 1 N–H and O–H groups in total. The molecule has 0 amide bonds. The number of nitrogens with one attached hydrogen (secondary N) is 1. The minimum absolute atomic E-state index is 0.175. The van der Waals surface area contributed by atoms with E-state index in [0.717, 1.165) is 37.9 Å². The Morgan fingerprint density at radius 2 is 2.17 bits per heavy atom. The van der Waals surface area contributed by atoms with E-state index in [2.05, 4.69) is 11.4 Å². The molecule has 1 aliphatic rings. The number of nitrogens with zero attached hydrogens (tertiary/aromatic N) is 1. The summed E-state index contributed by atoms with van der Waals surface area (Å²) in [6, 6.07) is 8.94. The Morgan fingerprint density at radius 3 is 2.83 bits per heavy atom. The lowest BCUT2D eigenvalue weighted by atomic mass is 9.83. The number of halogens is 1. The Hall–Kier alpha value is -1.40. The highest BCUT2D eigenvalue weighted by atomic mass is 19.1. The molecule has 1 aromatic rings. The smallest absolute Gasteiger partial charge is 0.123 e. The number of rotatable bonds is 4. The SMILES string of the molecule is N#CCC(CC1CCNCC1)c1cccc(F)c1. The molecule has 1 fully saturated rings. The van der Waals surface area contributed by atoms with Gasteiger partial charge in [0, 0.05) is 6.42 Å². The quantitative estimate of drug-likeness (QED) is 0.885. The van der Waals surface area contributed by atoms with Crippen LogP contribution in [0.25, 0.3) is 0 Å². The maximum Gasteiger partial charge on any atom is 0.123 e. The first-order chi connectivity index (χ1) is 8.79. The van der Waals surface area contributed by atoms with E-state index >= 15 is 0 Å². The molecule has 1 unspecified atom stereocenters. The molecule has 0 bridgehead atoms. The van der Waals surface area contributed by atoms with Gasteiger partial charge in [-0.25, -0.2) is 4.39 Å². The summed E-state index contributed by atoms with van der Waals surface area (Å²) in [4.78, 5) is 0. The average molecular weight is 246 g/mol. The highest BCUT2D eigenvalue weighted by Crippen LogP contribution is 2.30. The molecule has 96 valence electrons. The number of benzene rings is 1. The zero-order valence-corrected chi connectivity index (χ0v) is 10.5. The minimum atomic E-state index is -0.208. The number of nitriles is 1. The average Bonchev–Trinajstić information content (AvgIpc) is 2.39. The Labute approximate surface area is 108 Å². The van der Waals surface area contributed by atoms with E-state index in [1.807, 2.05) is 6.07 Å². The molecular formula is C15H19FN2. The Morgan fingerprint density at radius 1 is 1.39 bits per heavy atom. The fourth-order valence-electron chi connectivity index (χ4n) is 2.73. The molecule has 1 atom stereocenters. The Kier molecular flexibility index (Phi) is 4.72. The van der Waals surface area contributed by atoms with Crippen LogP contribution in [0.4, 0.5) is 4.39 Å². The van der Waals surface area contributed by atoms with Crippen LogP contribution in [0.1, 0.15) is 37.2 Å². The molecule has 3 heteroatoms. The normalized spacial score (nSPS) is 18.2. The van der Waals surface area contributed by atoms with Crippen molar-refractivity contribution in [2.45, 2.75) is 31.6 Å². The monoisotopic (exact) mass is 246 g/mol. The predicted octanol–water partition coefficient (Wildman–Crippen LogP) is 3.21. The van der Waals surface area contributed by atoms with Gasteiger partial charge in [0.1, 0.15) is 5.82 Å². The minimum Gasteiger partial charge on any atom is -0.317 e. The van der Waals surface area contributed by atoms with Crippen molar-refractivity contribution in [3.05, 3.63) is 35.6 Å². The molecule has 0 radical (unpaired) electrons. The molecule has 0 aromatic heterocycles. The van der Waals surface area contributed by atoms with Crippen LogP contribution in [0.2, 0.25) is 0 Å². The first-order valence-electron chi connectivity index (χ1n) is 6.62. The summed E-state index contributed by atoms with van der Waals surface area (Å²) < 4.78 is 13.3. The van der Waals surface area contributed by atoms with Gasteiger partial charge >= 0.3 is 0 Å². The van der Waals surface area contributed by atoms with Crippen molar-refractivity contribution >= 4 is 0 Å². The lowest BCUT2D eigenvalue weighted by Crippen LogP contribution is -2.28. The predicted molar refractivity (Wildman–Crippen MR) is 69.6 cm³/mol. The standard InChI is InChI=1S/C15H19FN2/c16-15-3-1-2-13(11-15)14(4-7-17)10-12-5-8-18-9-6-12/h1-3,11-12,14,18H,4-6,8-10H2. The van der Waals surface area contributed by atoms with Crippen LogP contribution in [0.15, 0.2) is 24.3 Å². The largest absolute Gasteiger partial charge is 0.317 e. The van der Waals surface area contributed by atoms with Crippen LogP contribution < -0.4 is 5.32 Å². The van der Waals surface area contributed by atoms with Gasteiger partial charge in [-0.1, -0.05) is 12.1 Å². The van der Waals surface area contributed by atoms with Gasteiger partial charge in [-0.05, 0) is 61.9 Å². The zero-order valence-electron chi connectivity index (χ0n) is 10.5. The van der Waals surface area contributed by atoms with Crippen LogP contribution in [0, 0.1) is 23.1 Å². The molecule has 1 heterocycles. The van der Waals surface area contributed by atoms with Crippen molar-refractivity contribution in [2.24, 2.45) is 5.92 Å². The van der Waals surface area contributed by atoms with Gasteiger partial charge in [0.2, 0.25) is 0 Å². The van der Waals surface area contributed by atoms with E-state index in [1.165, 1.54) is 6.07 Å². The highest BCUT2D eigenvalue weighted by Gasteiger charge is 2.20. The van der Waals surface area contributed by atoms with E-state index in [-0.39, 0.29) is 11.7 Å². The first kappa shape index (κ1) is 13.0. The van der Waals surface area contributed by atoms with Gasteiger partial charge < -0.3 is 5.32 Å². The molecular weight excluding hydrogens is 227 g/mol. The van der Waals surface area contributed by atoms with Gasteiger partial charge in [0.25, 0.3) is 0 Å². The molecule has 0 spiro atoms. The Balaban J connectivity index is 2.05. The highest BCUT2D eigenvalue weighted by molar-refractivity contribution is 5.21. The van der Waals surface area contributed by atoms with E-state index in [1.54, 1.807) is 12.1 Å². The third-order valence-electron chi connectivity index (χ3n) is 3.73. The van der Waals surface area contributed by atoms with Crippen molar-refractivity contribution < 1.29 is 4.39 Å².